The van der Waals surface area contributed by atoms with Crippen molar-refractivity contribution in [2.24, 2.45) is 52.3 Å². The summed E-state index contributed by atoms with van der Waals surface area (Å²) in [6, 6.07) is 7.34. The molecule has 39 heavy (non-hydrogen) atoms. The predicted octanol–water partition coefficient (Wildman–Crippen LogP) is 6.36. The molecule has 4 unspecified atom stereocenters. The van der Waals surface area contributed by atoms with E-state index in [0.717, 1.165) is 42.9 Å². The van der Waals surface area contributed by atoms with E-state index in [1.807, 2.05) is 0 Å². The SMILES string of the molecule is CC[C@H]1CC2C3CCC([C@H](C)CCNC(=O)NS(=O)(=O)c4ccccc4)[C@@]3(C)CCC2[C@@]2(C)CC[C@@H](O)C[C@@H]12. The molecule has 1 aromatic carbocycles. The first-order chi connectivity index (χ1) is 18.5. The van der Waals surface area contributed by atoms with Gasteiger partial charge in [0.1, 0.15) is 0 Å². The Bertz CT molecular complexity index is 1130. The summed E-state index contributed by atoms with van der Waals surface area (Å²) < 4.78 is 27.0. The van der Waals surface area contributed by atoms with Crippen molar-refractivity contribution in [3.63, 3.8) is 0 Å². The third-order valence-corrected chi connectivity index (χ3v) is 13.6. The van der Waals surface area contributed by atoms with Gasteiger partial charge in [0, 0.05) is 6.54 Å². The monoisotopic (exact) mass is 558 g/mol. The number of sulfonamides is 1. The Kier molecular flexibility index (Phi) is 8.15. The molecule has 4 aliphatic rings. The molecule has 7 heteroatoms. The normalized spacial score (nSPS) is 40.6. The van der Waals surface area contributed by atoms with E-state index >= 15 is 0 Å². The van der Waals surface area contributed by atoms with Crippen molar-refractivity contribution in [2.75, 3.05) is 6.54 Å². The largest absolute Gasteiger partial charge is 0.393 e. The van der Waals surface area contributed by atoms with E-state index in [2.05, 4.69) is 37.7 Å². The molecule has 1 aromatic rings. The highest BCUT2D eigenvalue weighted by Crippen LogP contribution is 2.69. The Morgan fingerprint density at radius 1 is 1.00 bits per heavy atom. The third-order valence-electron chi connectivity index (χ3n) is 12.3. The van der Waals surface area contributed by atoms with Crippen LogP contribution in [0.1, 0.15) is 91.9 Å². The summed E-state index contributed by atoms with van der Waals surface area (Å²) in [5, 5.41) is 13.3. The average Bonchev–Trinajstić information content (AvgIpc) is 3.26. The van der Waals surface area contributed by atoms with E-state index in [0.29, 0.717) is 35.1 Å². The Balaban J connectivity index is 1.20. The van der Waals surface area contributed by atoms with Gasteiger partial charge in [0.25, 0.3) is 10.0 Å². The molecule has 5 rings (SSSR count). The molecule has 3 N–H and O–H groups in total. The van der Waals surface area contributed by atoms with Gasteiger partial charge in [-0.2, -0.15) is 0 Å². The second-order valence-electron chi connectivity index (χ2n) is 14.0. The van der Waals surface area contributed by atoms with Gasteiger partial charge in [-0.25, -0.2) is 17.9 Å². The number of nitrogens with one attached hydrogen (secondary N) is 2. The van der Waals surface area contributed by atoms with E-state index in [4.69, 9.17) is 0 Å². The maximum Gasteiger partial charge on any atom is 0.328 e. The van der Waals surface area contributed by atoms with Crippen molar-refractivity contribution in [2.45, 2.75) is 103 Å². The van der Waals surface area contributed by atoms with Crippen molar-refractivity contribution in [3.8, 4) is 0 Å². The molecular weight excluding hydrogens is 508 g/mol. The van der Waals surface area contributed by atoms with Gasteiger partial charge < -0.3 is 10.4 Å². The molecule has 0 radical (unpaired) electrons. The molecule has 0 aromatic heterocycles. The number of benzene rings is 1. The van der Waals surface area contributed by atoms with E-state index < -0.39 is 16.1 Å². The van der Waals surface area contributed by atoms with Gasteiger partial charge in [-0.15, -0.1) is 0 Å². The molecule has 0 saturated heterocycles. The van der Waals surface area contributed by atoms with Gasteiger partial charge in [-0.3, -0.25) is 0 Å². The number of hydrogen-bond donors (Lipinski definition) is 3. The fourth-order valence-corrected chi connectivity index (χ4v) is 11.3. The summed E-state index contributed by atoms with van der Waals surface area (Å²) in [4.78, 5) is 12.5. The zero-order chi connectivity index (χ0) is 28.0. The van der Waals surface area contributed by atoms with Gasteiger partial charge in [-0.05, 0) is 122 Å². The molecule has 4 aliphatic carbocycles. The minimum absolute atomic E-state index is 0.0895. The van der Waals surface area contributed by atoms with Crippen LogP contribution in [0.4, 0.5) is 4.79 Å². The molecule has 2 amide bonds. The summed E-state index contributed by atoms with van der Waals surface area (Å²) in [6.45, 7) is 10.3. The summed E-state index contributed by atoms with van der Waals surface area (Å²) in [7, 11) is -3.86. The van der Waals surface area contributed by atoms with Crippen LogP contribution < -0.4 is 10.0 Å². The van der Waals surface area contributed by atoms with Crippen LogP contribution in [0.3, 0.4) is 0 Å². The summed E-state index contributed by atoms with van der Waals surface area (Å²) in [5.74, 6) is 4.89. The van der Waals surface area contributed by atoms with Crippen molar-refractivity contribution in [1.29, 1.82) is 0 Å². The lowest BCUT2D eigenvalue weighted by Gasteiger charge is -2.63. The molecule has 0 bridgehead atoms. The summed E-state index contributed by atoms with van der Waals surface area (Å²) in [5.41, 5.74) is 0.723. The van der Waals surface area contributed by atoms with Crippen molar-refractivity contribution in [3.05, 3.63) is 30.3 Å². The number of carbonyl (C=O) groups is 1. The first kappa shape index (κ1) is 28.9. The lowest BCUT2D eigenvalue weighted by atomic mass is 9.42. The Morgan fingerprint density at radius 3 is 2.41 bits per heavy atom. The van der Waals surface area contributed by atoms with Crippen molar-refractivity contribution in [1.82, 2.24) is 10.0 Å². The van der Waals surface area contributed by atoms with Crippen LogP contribution in [0.5, 0.6) is 0 Å². The first-order valence-electron chi connectivity index (χ1n) is 15.5. The second kappa shape index (κ2) is 11.0. The third kappa shape index (κ3) is 5.27. The van der Waals surface area contributed by atoms with E-state index in [9.17, 15) is 18.3 Å². The molecule has 0 aliphatic heterocycles. The zero-order valence-corrected chi connectivity index (χ0v) is 25.2. The van der Waals surface area contributed by atoms with Gasteiger partial charge in [0.2, 0.25) is 0 Å². The number of hydrogen-bond acceptors (Lipinski definition) is 4. The van der Waals surface area contributed by atoms with Crippen LogP contribution in [0.25, 0.3) is 0 Å². The smallest absolute Gasteiger partial charge is 0.328 e. The first-order valence-corrected chi connectivity index (χ1v) is 17.0. The number of carbonyl (C=O) groups excluding carboxylic acids is 1. The highest BCUT2D eigenvalue weighted by atomic mass is 32.2. The summed E-state index contributed by atoms with van der Waals surface area (Å²) in [6.07, 6.45) is 11.7. The second-order valence-corrected chi connectivity index (χ2v) is 15.7. The van der Waals surface area contributed by atoms with Crippen LogP contribution in [0.15, 0.2) is 35.2 Å². The maximum atomic E-state index is 12.5. The molecule has 6 nitrogen and oxygen atoms in total. The van der Waals surface area contributed by atoms with E-state index in [1.54, 1.807) is 18.2 Å². The van der Waals surface area contributed by atoms with Gasteiger partial charge >= 0.3 is 6.03 Å². The topological polar surface area (TPSA) is 95.5 Å². The number of aliphatic hydroxyl groups excluding tert-OH is 1. The van der Waals surface area contributed by atoms with Gasteiger partial charge in [-0.1, -0.05) is 52.3 Å². The molecule has 0 spiro atoms. The fraction of sp³-hybridized carbons (Fsp3) is 0.781. The van der Waals surface area contributed by atoms with Gasteiger partial charge in [0.05, 0.1) is 11.0 Å². The van der Waals surface area contributed by atoms with E-state index in [1.165, 1.54) is 57.1 Å². The standard InChI is InChI=1S/C32H50N2O4S/c1-5-22-19-25-27-12-11-26(31(27,3)17-14-28(25)32(4)16-13-23(35)20-29(22)32)21(2)15-18-33-30(36)34-39(37,38)24-9-7-6-8-10-24/h6-10,21-23,25-29,35H,5,11-20H2,1-4H3,(H2,33,34,36)/t21-,22+,23-,25?,26?,27?,28?,29+,31-,32-/m1/s1. The van der Waals surface area contributed by atoms with Crippen LogP contribution >= 0.6 is 0 Å². The highest BCUT2D eigenvalue weighted by Gasteiger charge is 2.62. The van der Waals surface area contributed by atoms with Crippen LogP contribution in [0, 0.1) is 52.3 Å². The highest BCUT2D eigenvalue weighted by molar-refractivity contribution is 7.90. The number of urea groups is 1. The van der Waals surface area contributed by atoms with Crippen LogP contribution in [-0.2, 0) is 10.0 Å². The summed E-state index contributed by atoms with van der Waals surface area (Å²) >= 11 is 0. The minimum Gasteiger partial charge on any atom is -0.393 e. The molecule has 10 atom stereocenters. The number of aliphatic hydroxyl groups is 1. The Morgan fingerprint density at radius 2 is 1.69 bits per heavy atom. The Hall–Kier alpha value is -1.60. The molecule has 4 saturated carbocycles. The Labute approximate surface area is 236 Å². The zero-order valence-electron chi connectivity index (χ0n) is 24.4. The lowest BCUT2D eigenvalue weighted by Crippen LogP contribution is -2.56. The fourth-order valence-electron chi connectivity index (χ4n) is 10.3. The molecule has 218 valence electrons. The quantitative estimate of drug-likeness (QED) is 0.363. The number of amides is 2. The number of fused-ring (bicyclic) bond motifs is 5. The van der Waals surface area contributed by atoms with Crippen LogP contribution in [-0.4, -0.2) is 32.2 Å². The van der Waals surface area contributed by atoms with Gasteiger partial charge in [0.15, 0.2) is 0 Å². The van der Waals surface area contributed by atoms with Crippen molar-refractivity contribution >= 4 is 16.1 Å². The average molecular weight is 559 g/mol. The van der Waals surface area contributed by atoms with Crippen molar-refractivity contribution < 1.29 is 18.3 Å². The molecule has 0 heterocycles. The maximum absolute atomic E-state index is 12.5. The van der Waals surface area contributed by atoms with E-state index in [-0.39, 0.29) is 11.0 Å². The minimum atomic E-state index is -3.86. The molecular formula is C32H50N2O4S. The number of rotatable bonds is 7. The molecule has 4 fully saturated rings. The van der Waals surface area contributed by atoms with Crippen LogP contribution in [0.2, 0.25) is 0 Å². The predicted molar refractivity (Wildman–Crippen MR) is 154 cm³/mol. The lowest BCUT2D eigenvalue weighted by molar-refractivity contribution is -0.152.